The first-order chi connectivity index (χ1) is 9.00. The molecule has 0 unspecified atom stereocenters. The number of anilines is 1. The van der Waals surface area contributed by atoms with E-state index in [1.807, 2.05) is 6.07 Å². The predicted molar refractivity (Wildman–Crippen MR) is 80.1 cm³/mol. The molecule has 1 fully saturated rings. The number of ether oxygens (including phenoxy) is 1. The molecule has 4 nitrogen and oxygen atoms in total. The number of sulfonamides is 1. The summed E-state index contributed by atoms with van der Waals surface area (Å²) in [5.41, 5.74) is 0.477. The van der Waals surface area contributed by atoms with Crippen LogP contribution >= 0.6 is 15.9 Å². The fourth-order valence-electron chi connectivity index (χ4n) is 2.08. The molecule has 1 aliphatic carbocycles. The van der Waals surface area contributed by atoms with Gasteiger partial charge in [-0.05, 0) is 30.5 Å². The molecule has 1 aliphatic rings. The van der Waals surface area contributed by atoms with E-state index >= 15 is 0 Å². The van der Waals surface area contributed by atoms with Gasteiger partial charge < -0.3 is 4.74 Å². The Morgan fingerprint density at radius 3 is 2.74 bits per heavy atom. The van der Waals surface area contributed by atoms with Crippen molar-refractivity contribution in [2.24, 2.45) is 5.92 Å². The number of halogens is 1. The maximum Gasteiger partial charge on any atom is 0.232 e. The molecule has 1 aromatic carbocycles. The second-order valence-electron chi connectivity index (χ2n) is 4.85. The fourth-order valence-corrected chi connectivity index (χ4v) is 3.68. The van der Waals surface area contributed by atoms with Crippen LogP contribution in [-0.2, 0) is 10.0 Å². The molecule has 0 heterocycles. The summed E-state index contributed by atoms with van der Waals surface area (Å²) in [4.78, 5) is 0. The summed E-state index contributed by atoms with van der Waals surface area (Å²) in [5.74, 6) is 1.28. The van der Waals surface area contributed by atoms with E-state index in [4.69, 9.17) is 4.74 Å². The lowest BCUT2D eigenvalue weighted by Crippen LogP contribution is -2.21. The van der Waals surface area contributed by atoms with Crippen molar-refractivity contribution in [1.29, 1.82) is 0 Å². The van der Waals surface area contributed by atoms with Crippen LogP contribution < -0.4 is 9.46 Å². The maximum atomic E-state index is 12.0. The molecule has 0 radical (unpaired) electrons. The molecule has 0 spiro atoms. The molecule has 0 amide bonds. The second-order valence-corrected chi connectivity index (χ2v) is 7.61. The van der Waals surface area contributed by atoms with E-state index < -0.39 is 10.0 Å². The van der Waals surface area contributed by atoms with E-state index in [0.29, 0.717) is 17.4 Å². The van der Waals surface area contributed by atoms with E-state index in [1.54, 1.807) is 12.1 Å². The average molecular weight is 348 g/mol. The van der Waals surface area contributed by atoms with Gasteiger partial charge in [0.15, 0.2) is 0 Å². The summed E-state index contributed by atoms with van der Waals surface area (Å²) >= 11 is 3.33. The Morgan fingerprint density at radius 2 is 2.16 bits per heavy atom. The van der Waals surface area contributed by atoms with Crippen LogP contribution in [0, 0.1) is 5.92 Å². The number of methoxy groups -OCH3 is 1. The van der Waals surface area contributed by atoms with Crippen molar-refractivity contribution in [2.45, 2.75) is 25.7 Å². The SMILES string of the molecule is COc1ccc(Br)cc1NS(=O)(=O)CCC1CCC1. The molecule has 1 aromatic rings. The molecule has 0 atom stereocenters. The summed E-state index contributed by atoms with van der Waals surface area (Å²) in [5, 5.41) is 0. The third kappa shape index (κ3) is 4.11. The van der Waals surface area contributed by atoms with Crippen LogP contribution in [0.3, 0.4) is 0 Å². The smallest absolute Gasteiger partial charge is 0.232 e. The summed E-state index contributed by atoms with van der Waals surface area (Å²) in [7, 11) is -1.78. The predicted octanol–water partition coefficient (Wildman–Crippen LogP) is 3.39. The molecule has 19 heavy (non-hydrogen) atoms. The number of nitrogens with one attached hydrogen (secondary N) is 1. The molecule has 1 N–H and O–H groups in total. The second kappa shape index (κ2) is 6.13. The van der Waals surface area contributed by atoms with Crippen molar-refractivity contribution in [3.8, 4) is 5.75 Å². The summed E-state index contributed by atoms with van der Waals surface area (Å²) in [6.45, 7) is 0. The van der Waals surface area contributed by atoms with Crippen LogP contribution in [0.4, 0.5) is 5.69 Å². The van der Waals surface area contributed by atoms with Gasteiger partial charge in [-0.15, -0.1) is 0 Å². The third-order valence-electron chi connectivity index (χ3n) is 3.45. The topological polar surface area (TPSA) is 55.4 Å². The van der Waals surface area contributed by atoms with Gasteiger partial charge in [-0.1, -0.05) is 35.2 Å². The number of rotatable bonds is 6. The van der Waals surface area contributed by atoms with Crippen molar-refractivity contribution in [1.82, 2.24) is 0 Å². The van der Waals surface area contributed by atoms with Crippen molar-refractivity contribution in [3.63, 3.8) is 0 Å². The van der Waals surface area contributed by atoms with E-state index in [-0.39, 0.29) is 5.75 Å². The van der Waals surface area contributed by atoms with E-state index in [0.717, 1.165) is 23.7 Å². The maximum absolute atomic E-state index is 12.0. The van der Waals surface area contributed by atoms with E-state index in [9.17, 15) is 8.42 Å². The Bertz CT molecular complexity index is 541. The molecule has 0 aromatic heterocycles. The molecule has 1 saturated carbocycles. The number of benzene rings is 1. The molecule has 2 rings (SSSR count). The van der Waals surface area contributed by atoms with Crippen LogP contribution in [0.5, 0.6) is 5.75 Å². The Hall–Kier alpha value is -0.750. The molecule has 0 bridgehead atoms. The molecule has 0 aliphatic heterocycles. The normalized spacial score (nSPS) is 15.9. The zero-order valence-electron chi connectivity index (χ0n) is 10.9. The van der Waals surface area contributed by atoms with Crippen LogP contribution in [0.25, 0.3) is 0 Å². The average Bonchev–Trinajstić information content (AvgIpc) is 2.26. The summed E-state index contributed by atoms with van der Waals surface area (Å²) < 4.78 is 32.6. The van der Waals surface area contributed by atoms with Crippen LogP contribution in [0.1, 0.15) is 25.7 Å². The fraction of sp³-hybridized carbons (Fsp3) is 0.538. The first-order valence-corrected chi connectivity index (χ1v) is 8.79. The van der Waals surface area contributed by atoms with E-state index in [2.05, 4.69) is 20.7 Å². The summed E-state index contributed by atoms with van der Waals surface area (Å²) in [6.07, 6.45) is 4.30. The highest BCUT2D eigenvalue weighted by Crippen LogP contribution is 2.31. The lowest BCUT2D eigenvalue weighted by molar-refractivity contribution is 0.307. The minimum absolute atomic E-state index is 0.174. The lowest BCUT2D eigenvalue weighted by Gasteiger charge is -2.25. The Morgan fingerprint density at radius 1 is 1.42 bits per heavy atom. The lowest BCUT2D eigenvalue weighted by atomic mass is 9.84. The highest BCUT2D eigenvalue weighted by molar-refractivity contribution is 9.10. The standard InChI is InChI=1S/C13H18BrNO3S/c1-18-13-6-5-11(14)9-12(13)15-19(16,17)8-7-10-3-2-4-10/h5-6,9-10,15H,2-4,7-8H2,1H3. The third-order valence-corrected chi connectivity index (χ3v) is 5.24. The molecular formula is C13H18BrNO3S. The molecular weight excluding hydrogens is 330 g/mol. The number of hydrogen-bond donors (Lipinski definition) is 1. The Balaban J connectivity index is 2.03. The zero-order valence-corrected chi connectivity index (χ0v) is 13.3. The first kappa shape index (κ1) is 14.7. The van der Waals surface area contributed by atoms with E-state index in [1.165, 1.54) is 13.5 Å². The van der Waals surface area contributed by atoms with Crippen molar-refractivity contribution in [2.75, 3.05) is 17.6 Å². The van der Waals surface area contributed by atoms with Crippen molar-refractivity contribution in [3.05, 3.63) is 22.7 Å². The van der Waals surface area contributed by atoms with Crippen LogP contribution in [0.2, 0.25) is 0 Å². The molecule has 0 saturated heterocycles. The molecule has 6 heteroatoms. The van der Waals surface area contributed by atoms with Gasteiger partial charge in [-0.2, -0.15) is 0 Å². The number of hydrogen-bond acceptors (Lipinski definition) is 3. The minimum Gasteiger partial charge on any atom is -0.495 e. The van der Waals surface area contributed by atoms with Crippen LogP contribution in [0.15, 0.2) is 22.7 Å². The first-order valence-electron chi connectivity index (χ1n) is 6.34. The Kier molecular flexibility index (Phi) is 4.73. The minimum atomic E-state index is -3.31. The van der Waals surface area contributed by atoms with Crippen molar-refractivity contribution >= 4 is 31.6 Å². The quantitative estimate of drug-likeness (QED) is 0.857. The van der Waals surface area contributed by atoms with Gasteiger partial charge in [0.1, 0.15) is 5.75 Å². The monoisotopic (exact) mass is 347 g/mol. The van der Waals surface area contributed by atoms with Gasteiger partial charge in [0.05, 0.1) is 18.6 Å². The summed E-state index contributed by atoms with van der Waals surface area (Å²) in [6, 6.07) is 5.25. The van der Waals surface area contributed by atoms with Crippen LogP contribution in [-0.4, -0.2) is 21.3 Å². The Labute approximate surface area is 122 Å². The molecule has 106 valence electrons. The zero-order chi connectivity index (χ0) is 13.9. The van der Waals surface area contributed by atoms with Gasteiger partial charge >= 0.3 is 0 Å². The van der Waals surface area contributed by atoms with Gasteiger partial charge in [0, 0.05) is 4.47 Å². The highest BCUT2D eigenvalue weighted by atomic mass is 79.9. The van der Waals surface area contributed by atoms with Gasteiger partial charge in [0.2, 0.25) is 10.0 Å². The van der Waals surface area contributed by atoms with Crippen molar-refractivity contribution < 1.29 is 13.2 Å². The largest absolute Gasteiger partial charge is 0.495 e. The van der Waals surface area contributed by atoms with Gasteiger partial charge in [0.25, 0.3) is 0 Å². The van der Waals surface area contributed by atoms with Gasteiger partial charge in [-0.3, -0.25) is 4.72 Å². The van der Waals surface area contributed by atoms with Gasteiger partial charge in [-0.25, -0.2) is 8.42 Å². The highest BCUT2D eigenvalue weighted by Gasteiger charge is 2.21.